The number of hydrogen-bond donors (Lipinski definition) is 1. The van der Waals surface area contributed by atoms with Gasteiger partial charge in [-0.3, -0.25) is 0 Å². The molecule has 0 radical (unpaired) electrons. The highest BCUT2D eigenvalue weighted by molar-refractivity contribution is 7.11. The smallest absolute Gasteiger partial charge is 0.140 e. The SMILES string of the molecule is CCc1nc(COc2ccc(Cl)cc2)sc1CO. The van der Waals surface area contributed by atoms with Crippen molar-refractivity contribution in [3.05, 3.63) is 44.9 Å². The summed E-state index contributed by atoms with van der Waals surface area (Å²) in [6, 6.07) is 7.22. The fourth-order valence-electron chi connectivity index (χ4n) is 1.57. The second kappa shape index (κ2) is 6.18. The zero-order valence-corrected chi connectivity index (χ0v) is 11.6. The number of thiazole rings is 1. The average Bonchev–Trinajstić information content (AvgIpc) is 2.80. The molecule has 0 unspecified atom stereocenters. The summed E-state index contributed by atoms with van der Waals surface area (Å²) in [5.41, 5.74) is 0.956. The van der Waals surface area contributed by atoms with Gasteiger partial charge < -0.3 is 9.84 Å². The van der Waals surface area contributed by atoms with Gasteiger partial charge in [0, 0.05) is 5.02 Å². The van der Waals surface area contributed by atoms with Crippen molar-refractivity contribution in [1.82, 2.24) is 4.98 Å². The molecule has 0 fully saturated rings. The Balaban J connectivity index is 2.01. The van der Waals surface area contributed by atoms with Gasteiger partial charge in [-0.05, 0) is 30.7 Å². The molecule has 1 N–H and O–H groups in total. The molecular weight excluding hydrogens is 270 g/mol. The van der Waals surface area contributed by atoms with Crippen LogP contribution >= 0.6 is 22.9 Å². The third-order valence-corrected chi connectivity index (χ3v) is 3.78. The lowest BCUT2D eigenvalue weighted by molar-refractivity contribution is 0.284. The van der Waals surface area contributed by atoms with E-state index in [2.05, 4.69) is 4.98 Å². The summed E-state index contributed by atoms with van der Waals surface area (Å²) in [6.07, 6.45) is 0.827. The van der Waals surface area contributed by atoms with Gasteiger partial charge in [-0.25, -0.2) is 4.98 Å². The van der Waals surface area contributed by atoms with Crippen LogP contribution in [0.3, 0.4) is 0 Å². The van der Waals surface area contributed by atoms with E-state index in [4.69, 9.17) is 16.3 Å². The summed E-state index contributed by atoms with van der Waals surface area (Å²) < 4.78 is 5.61. The molecule has 1 heterocycles. The summed E-state index contributed by atoms with van der Waals surface area (Å²) in [5, 5.41) is 10.8. The Morgan fingerprint density at radius 2 is 2.06 bits per heavy atom. The molecule has 0 amide bonds. The largest absolute Gasteiger partial charge is 0.486 e. The number of aliphatic hydroxyl groups is 1. The minimum absolute atomic E-state index is 0.0434. The van der Waals surface area contributed by atoms with Crippen molar-refractivity contribution in [3.8, 4) is 5.75 Å². The molecule has 3 nitrogen and oxygen atoms in total. The van der Waals surface area contributed by atoms with E-state index < -0.39 is 0 Å². The molecule has 0 saturated heterocycles. The van der Waals surface area contributed by atoms with Crippen molar-refractivity contribution in [1.29, 1.82) is 0 Å². The zero-order valence-electron chi connectivity index (χ0n) is 10.0. The lowest BCUT2D eigenvalue weighted by atomic mass is 10.3. The number of aromatic nitrogens is 1. The first-order chi connectivity index (χ1) is 8.72. The standard InChI is InChI=1S/C13H14ClNO2S/c1-2-11-12(7-16)18-13(15-11)8-17-10-5-3-9(14)4-6-10/h3-6,16H,2,7-8H2,1H3. The Hall–Kier alpha value is -1.10. The molecule has 1 aromatic heterocycles. The van der Waals surface area contributed by atoms with Crippen molar-refractivity contribution < 1.29 is 9.84 Å². The molecular formula is C13H14ClNO2S. The van der Waals surface area contributed by atoms with Gasteiger partial charge >= 0.3 is 0 Å². The van der Waals surface area contributed by atoms with Gasteiger partial charge in [-0.15, -0.1) is 11.3 Å². The molecule has 2 rings (SSSR count). The Kier molecular flexibility index (Phi) is 4.58. The van der Waals surface area contributed by atoms with E-state index in [9.17, 15) is 5.11 Å². The Labute approximate surface area is 115 Å². The molecule has 0 spiro atoms. The number of nitrogens with zero attached hydrogens (tertiary/aromatic N) is 1. The minimum Gasteiger partial charge on any atom is -0.486 e. The highest BCUT2D eigenvalue weighted by atomic mass is 35.5. The zero-order chi connectivity index (χ0) is 13.0. The molecule has 0 saturated carbocycles. The molecule has 0 aliphatic carbocycles. The third kappa shape index (κ3) is 3.22. The van der Waals surface area contributed by atoms with Crippen LogP contribution in [0.2, 0.25) is 5.02 Å². The molecule has 5 heteroatoms. The van der Waals surface area contributed by atoms with Crippen molar-refractivity contribution in [2.24, 2.45) is 0 Å². The van der Waals surface area contributed by atoms with Gasteiger partial charge in [0.05, 0.1) is 17.2 Å². The van der Waals surface area contributed by atoms with Crippen LogP contribution in [0.15, 0.2) is 24.3 Å². The van der Waals surface area contributed by atoms with Gasteiger partial charge in [0.25, 0.3) is 0 Å². The quantitative estimate of drug-likeness (QED) is 0.914. The van der Waals surface area contributed by atoms with Crippen molar-refractivity contribution >= 4 is 22.9 Å². The third-order valence-electron chi connectivity index (χ3n) is 2.48. The van der Waals surface area contributed by atoms with Crippen molar-refractivity contribution in [2.75, 3.05) is 0 Å². The van der Waals surface area contributed by atoms with E-state index in [0.29, 0.717) is 11.6 Å². The number of hydrogen-bond acceptors (Lipinski definition) is 4. The lowest BCUT2D eigenvalue weighted by Gasteiger charge is -2.03. The number of rotatable bonds is 5. The van der Waals surface area contributed by atoms with Crippen molar-refractivity contribution in [2.45, 2.75) is 26.6 Å². The minimum atomic E-state index is 0.0434. The van der Waals surface area contributed by atoms with Crippen LogP contribution in [0.4, 0.5) is 0 Å². The maximum absolute atomic E-state index is 9.19. The van der Waals surface area contributed by atoms with Gasteiger partial charge in [0.2, 0.25) is 0 Å². The predicted molar refractivity (Wildman–Crippen MR) is 73.2 cm³/mol. The van der Waals surface area contributed by atoms with E-state index >= 15 is 0 Å². The summed E-state index contributed by atoms with van der Waals surface area (Å²) >= 11 is 7.29. The summed E-state index contributed by atoms with van der Waals surface area (Å²) in [7, 11) is 0. The number of benzene rings is 1. The van der Waals surface area contributed by atoms with E-state index in [1.165, 1.54) is 11.3 Å². The average molecular weight is 284 g/mol. The molecule has 96 valence electrons. The monoisotopic (exact) mass is 283 g/mol. The molecule has 18 heavy (non-hydrogen) atoms. The lowest BCUT2D eigenvalue weighted by Crippen LogP contribution is -1.95. The van der Waals surface area contributed by atoms with E-state index in [1.54, 1.807) is 12.1 Å². The van der Waals surface area contributed by atoms with Crippen LogP contribution in [-0.2, 0) is 19.6 Å². The summed E-state index contributed by atoms with van der Waals surface area (Å²) in [5.74, 6) is 0.762. The molecule has 0 aliphatic rings. The Morgan fingerprint density at radius 1 is 1.33 bits per heavy atom. The first-order valence-electron chi connectivity index (χ1n) is 5.69. The Morgan fingerprint density at radius 3 is 2.61 bits per heavy atom. The van der Waals surface area contributed by atoms with E-state index in [-0.39, 0.29) is 6.61 Å². The molecule has 1 aromatic carbocycles. The first kappa shape index (κ1) is 13.3. The number of halogens is 1. The predicted octanol–water partition coefficient (Wildman–Crippen LogP) is 3.43. The van der Waals surface area contributed by atoms with Gasteiger partial charge in [-0.1, -0.05) is 18.5 Å². The first-order valence-corrected chi connectivity index (χ1v) is 6.89. The number of aryl methyl sites for hydroxylation is 1. The molecule has 0 aliphatic heterocycles. The van der Waals surface area contributed by atoms with Crippen molar-refractivity contribution in [3.63, 3.8) is 0 Å². The van der Waals surface area contributed by atoms with Crippen LogP contribution in [-0.4, -0.2) is 10.1 Å². The van der Waals surface area contributed by atoms with Gasteiger partial charge in [-0.2, -0.15) is 0 Å². The van der Waals surface area contributed by atoms with Crippen LogP contribution in [0.25, 0.3) is 0 Å². The molecule has 0 bridgehead atoms. The second-order valence-corrected chi connectivity index (χ2v) is 5.34. The maximum atomic E-state index is 9.19. The molecule has 0 atom stereocenters. The summed E-state index contributed by atoms with van der Waals surface area (Å²) in [6.45, 7) is 2.49. The topological polar surface area (TPSA) is 42.4 Å². The number of ether oxygens (including phenoxy) is 1. The van der Waals surface area contributed by atoms with Crippen LogP contribution < -0.4 is 4.74 Å². The maximum Gasteiger partial charge on any atom is 0.140 e. The van der Waals surface area contributed by atoms with E-state index in [0.717, 1.165) is 27.7 Å². The van der Waals surface area contributed by atoms with Crippen LogP contribution in [0.5, 0.6) is 5.75 Å². The Bertz CT molecular complexity index is 489. The normalized spacial score (nSPS) is 10.6. The molecule has 2 aromatic rings. The number of aliphatic hydroxyl groups excluding tert-OH is 1. The fourth-order valence-corrected chi connectivity index (χ4v) is 2.63. The van der Waals surface area contributed by atoms with Crippen LogP contribution in [0, 0.1) is 0 Å². The second-order valence-electron chi connectivity index (χ2n) is 3.73. The fraction of sp³-hybridized carbons (Fsp3) is 0.308. The highest BCUT2D eigenvalue weighted by Crippen LogP contribution is 2.22. The van der Waals surface area contributed by atoms with Gasteiger partial charge in [0.15, 0.2) is 0 Å². The summed E-state index contributed by atoms with van der Waals surface area (Å²) in [4.78, 5) is 5.36. The van der Waals surface area contributed by atoms with E-state index in [1.807, 2.05) is 19.1 Å². The highest BCUT2D eigenvalue weighted by Gasteiger charge is 2.09. The van der Waals surface area contributed by atoms with Crippen LogP contribution in [0.1, 0.15) is 22.5 Å². The van der Waals surface area contributed by atoms with Gasteiger partial charge in [0.1, 0.15) is 17.4 Å².